The predicted molar refractivity (Wildman–Crippen MR) is 112 cm³/mol. The summed E-state index contributed by atoms with van der Waals surface area (Å²) in [6.07, 6.45) is -0.172. The van der Waals surface area contributed by atoms with Gasteiger partial charge in [0.1, 0.15) is 6.04 Å². The maximum atomic E-state index is 13.6. The van der Waals surface area contributed by atoms with Gasteiger partial charge in [-0.15, -0.1) is 11.3 Å². The molecule has 1 aromatic heterocycles. The number of aromatic nitrogens is 1. The van der Waals surface area contributed by atoms with E-state index in [9.17, 15) is 23.2 Å². The molecular weight excluding hydrogens is 426 g/mol. The number of halogens is 2. The van der Waals surface area contributed by atoms with Gasteiger partial charge in [-0.25, -0.2) is 13.8 Å². The fraction of sp³-hybridized carbons (Fsp3) is 0.143. The number of hydrogen-bond donors (Lipinski definition) is 3. The van der Waals surface area contributed by atoms with Gasteiger partial charge in [0, 0.05) is 18.0 Å². The van der Waals surface area contributed by atoms with Gasteiger partial charge in [-0.3, -0.25) is 19.7 Å². The van der Waals surface area contributed by atoms with Gasteiger partial charge in [-0.2, -0.15) is 0 Å². The summed E-state index contributed by atoms with van der Waals surface area (Å²) in [6, 6.07) is 10.4. The Balaban J connectivity index is 1.65. The second kappa shape index (κ2) is 9.90. The fourth-order valence-electron chi connectivity index (χ4n) is 2.72. The first-order chi connectivity index (χ1) is 14.9. The molecule has 10 heteroatoms. The smallest absolute Gasteiger partial charge is 0.257 e. The van der Waals surface area contributed by atoms with E-state index in [1.54, 1.807) is 35.7 Å². The van der Waals surface area contributed by atoms with Crippen LogP contribution in [-0.2, 0) is 16.0 Å². The molecule has 1 unspecified atom stereocenters. The SMILES string of the molecule is CNC(=O)C(NC(=O)Cc1csc(NC(=O)c2ccccc2)n1)c1ccc(F)c(F)c1. The average molecular weight is 444 g/mol. The third-order valence-electron chi connectivity index (χ3n) is 4.24. The van der Waals surface area contributed by atoms with Gasteiger partial charge in [-0.1, -0.05) is 24.3 Å². The van der Waals surface area contributed by atoms with Gasteiger partial charge < -0.3 is 10.6 Å². The third kappa shape index (κ3) is 5.70. The van der Waals surface area contributed by atoms with Crippen LogP contribution in [0.1, 0.15) is 27.7 Å². The minimum atomic E-state index is -1.21. The van der Waals surface area contributed by atoms with Crippen LogP contribution in [0.2, 0.25) is 0 Å². The quantitative estimate of drug-likeness (QED) is 0.522. The lowest BCUT2D eigenvalue weighted by Gasteiger charge is -2.17. The van der Waals surface area contributed by atoms with Crippen LogP contribution >= 0.6 is 11.3 Å². The summed E-state index contributed by atoms with van der Waals surface area (Å²) >= 11 is 1.15. The average Bonchev–Trinajstić information content (AvgIpc) is 3.20. The second-order valence-electron chi connectivity index (χ2n) is 6.43. The normalized spacial score (nSPS) is 11.5. The summed E-state index contributed by atoms with van der Waals surface area (Å²) in [4.78, 5) is 41.0. The zero-order valence-electron chi connectivity index (χ0n) is 16.3. The van der Waals surface area contributed by atoms with Crippen molar-refractivity contribution in [2.45, 2.75) is 12.5 Å². The summed E-state index contributed by atoms with van der Waals surface area (Å²) in [5, 5.41) is 9.45. The van der Waals surface area contributed by atoms with E-state index in [0.717, 1.165) is 23.5 Å². The van der Waals surface area contributed by atoms with Crippen molar-refractivity contribution < 1.29 is 23.2 Å². The fourth-order valence-corrected chi connectivity index (χ4v) is 3.42. The van der Waals surface area contributed by atoms with Crippen LogP contribution in [-0.4, -0.2) is 29.8 Å². The Morgan fingerprint density at radius 2 is 1.81 bits per heavy atom. The molecular formula is C21H18F2N4O3S. The number of anilines is 1. The number of benzene rings is 2. The highest BCUT2D eigenvalue weighted by Gasteiger charge is 2.23. The van der Waals surface area contributed by atoms with Gasteiger partial charge in [0.15, 0.2) is 16.8 Å². The molecule has 7 nitrogen and oxygen atoms in total. The van der Waals surface area contributed by atoms with Crippen molar-refractivity contribution >= 4 is 34.2 Å². The Morgan fingerprint density at radius 1 is 1.06 bits per heavy atom. The number of nitrogens with one attached hydrogen (secondary N) is 3. The van der Waals surface area contributed by atoms with E-state index < -0.39 is 29.5 Å². The number of amides is 3. The predicted octanol–water partition coefficient (Wildman–Crippen LogP) is 2.82. The topological polar surface area (TPSA) is 100 Å². The molecule has 0 fully saturated rings. The van der Waals surface area contributed by atoms with E-state index in [1.807, 2.05) is 0 Å². The van der Waals surface area contributed by atoms with Gasteiger partial charge >= 0.3 is 0 Å². The van der Waals surface area contributed by atoms with E-state index in [0.29, 0.717) is 16.4 Å². The maximum Gasteiger partial charge on any atom is 0.257 e. The maximum absolute atomic E-state index is 13.6. The molecule has 1 atom stereocenters. The number of carbonyl (C=O) groups is 3. The number of nitrogens with zero attached hydrogens (tertiary/aromatic N) is 1. The molecule has 0 aliphatic heterocycles. The van der Waals surface area contributed by atoms with Crippen LogP contribution in [0.5, 0.6) is 0 Å². The Bertz CT molecular complexity index is 1110. The summed E-state index contributed by atoms with van der Waals surface area (Å²) in [6.45, 7) is 0. The minimum Gasteiger partial charge on any atom is -0.357 e. The lowest BCUT2D eigenvalue weighted by molar-refractivity contribution is -0.128. The largest absolute Gasteiger partial charge is 0.357 e. The van der Waals surface area contributed by atoms with E-state index in [4.69, 9.17) is 0 Å². The molecule has 3 amide bonds. The van der Waals surface area contributed by atoms with E-state index in [2.05, 4.69) is 20.9 Å². The molecule has 31 heavy (non-hydrogen) atoms. The number of carbonyl (C=O) groups excluding carboxylic acids is 3. The Labute approximate surface area is 180 Å². The van der Waals surface area contributed by atoms with Crippen molar-refractivity contribution in [3.8, 4) is 0 Å². The van der Waals surface area contributed by atoms with Gasteiger partial charge in [0.2, 0.25) is 11.8 Å². The highest BCUT2D eigenvalue weighted by molar-refractivity contribution is 7.14. The minimum absolute atomic E-state index is 0.0979. The van der Waals surface area contributed by atoms with Crippen LogP contribution < -0.4 is 16.0 Å². The molecule has 3 aromatic rings. The molecule has 3 N–H and O–H groups in total. The molecule has 1 heterocycles. The molecule has 0 aliphatic rings. The Hall–Kier alpha value is -3.66. The zero-order chi connectivity index (χ0) is 22.4. The van der Waals surface area contributed by atoms with Gasteiger partial charge in [-0.05, 0) is 29.8 Å². The number of likely N-dealkylation sites (N-methyl/N-ethyl adjacent to an activating group) is 1. The first kappa shape index (κ1) is 22.0. The molecule has 0 radical (unpaired) electrons. The third-order valence-corrected chi connectivity index (χ3v) is 5.05. The summed E-state index contributed by atoms with van der Waals surface area (Å²) in [5.41, 5.74) is 0.949. The molecule has 0 aliphatic carbocycles. The lowest BCUT2D eigenvalue weighted by Crippen LogP contribution is -2.39. The summed E-state index contributed by atoms with van der Waals surface area (Å²) < 4.78 is 26.8. The number of thiazole rings is 1. The zero-order valence-corrected chi connectivity index (χ0v) is 17.1. The lowest BCUT2D eigenvalue weighted by atomic mass is 10.1. The Morgan fingerprint density at radius 3 is 2.48 bits per heavy atom. The van der Waals surface area contributed by atoms with E-state index in [1.165, 1.54) is 13.1 Å². The number of hydrogen-bond acceptors (Lipinski definition) is 5. The monoisotopic (exact) mass is 444 g/mol. The molecule has 0 spiro atoms. The van der Waals surface area contributed by atoms with Crippen molar-refractivity contribution in [1.29, 1.82) is 0 Å². The van der Waals surface area contributed by atoms with Crippen molar-refractivity contribution in [2.24, 2.45) is 0 Å². The molecule has 3 rings (SSSR count). The molecule has 2 aromatic carbocycles. The van der Waals surface area contributed by atoms with Crippen LogP contribution in [0.15, 0.2) is 53.9 Å². The molecule has 0 bridgehead atoms. The van der Waals surface area contributed by atoms with Crippen molar-refractivity contribution in [3.63, 3.8) is 0 Å². The molecule has 0 saturated carbocycles. The van der Waals surface area contributed by atoms with Crippen LogP contribution in [0, 0.1) is 11.6 Å². The summed E-state index contributed by atoms with van der Waals surface area (Å²) in [5.74, 6) is -3.65. The van der Waals surface area contributed by atoms with Gasteiger partial charge in [0.25, 0.3) is 5.91 Å². The van der Waals surface area contributed by atoms with Crippen LogP contribution in [0.25, 0.3) is 0 Å². The van der Waals surface area contributed by atoms with Gasteiger partial charge in [0.05, 0.1) is 12.1 Å². The first-order valence-electron chi connectivity index (χ1n) is 9.14. The standard InChI is InChI=1S/C21H18F2N4O3S/c1-24-20(30)18(13-7-8-15(22)16(23)9-13)26-17(28)10-14-11-31-21(25-14)27-19(29)12-5-3-2-4-6-12/h2-9,11,18H,10H2,1H3,(H,24,30)(H,26,28)(H,25,27,29). The van der Waals surface area contributed by atoms with E-state index in [-0.39, 0.29) is 17.9 Å². The van der Waals surface area contributed by atoms with Crippen LogP contribution in [0.4, 0.5) is 13.9 Å². The Kier molecular flexibility index (Phi) is 7.03. The van der Waals surface area contributed by atoms with E-state index >= 15 is 0 Å². The number of rotatable bonds is 7. The first-order valence-corrected chi connectivity index (χ1v) is 10.0. The van der Waals surface area contributed by atoms with Crippen molar-refractivity contribution in [2.75, 3.05) is 12.4 Å². The second-order valence-corrected chi connectivity index (χ2v) is 7.29. The van der Waals surface area contributed by atoms with Crippen LogP contribution in [0.3, 0.4) is 0 Å². The molecule has 160 valence electrons. The van der Waals surface area contributed by atoms with Crippen molar-refractivity contribution in [1.82, 2.24) is 15.6 Å². The highest BCUT2D eigenvalue weighted by Crippen LogP contribution is 2.19. The summed E-state index contributed by atoms with van der Waals surface area (Å²) in [7, 11) is 1.36. The highest BCUT2D eigenvalue weighted by atomic mass is 32.1. The molecule has 0 saturated heterocycles. The van der Waals surface area contributed by atoms with Crippen molar-refractivity contribution in [3.05, 3.63) is 82.4 Å².